The zero-order valence-electron chi connectivity index (χ0n) is 15.6. The highest BCUT2D eigenvalue weighted by Crippen LogP contribution is 2.20. The van der Waals surface area contributed by atoms with Gasteiger partial charge in [-0.15, -0.1) is 0 Å². The second-order valence-electron chi connectivity index (χ2n) is 6.72. The van der Waals surface area contributed by atoms with Crippen LogP contribution in [0.4, 0.5) is 11.4 Å². The number of hydrogen-bond acceptors (Lipinski definition) is 3. The molecule has 1 amide bonds. The molecule has 26 heavy (non-hydrogen) atoms. The molecule has 2 aromatic carbocycles. The minimum atomic E-state index is 0.0862. The number of hydrogen-bond donors (Lipinski definition) is 2. The molecule has 0 aromatic heterocycles. The average molecular weight is 354 g/mol. The molecule has 5 nitrogen and oxygen atoms in total. The van der Waals surface area contributed by atoms with E-state index in [1.165, 1.54) is 16.2 Å². The molecule has 3 rings (SSSR count). The van der Waals surface area contributed by atoms with Crippen LogP contribution in [0.3, 0.4) is 0 Å². The van der Waals surface area contributed by atoms with E-state index in [-0.39, 0.29) is 5.91 Å². The van der Waals surface area contributed by atoms with E-state index in [0.29, 0.717) is 6.54 Å². The number of rotatable bonds is 6. The summed E-state index contributed by atoms with van der Waals surface area (Å²) < 4.78 is 5.31. The molecular formula is C21H28N3O2+. The first-order chi connectivity index (χ1) is 12.7. The van der Waals surface area contributed by atoms with Crippen LogP contribution in [-0.2, 0) is 11.2 Å². The van der Waals surface area contributed by atoms with Gasteiger partial charge in [0.15, 0.2) is 6.54 Å². The number of ether oxygens (including phenoxy) is 1. The van der Waals surface area contributed by atoms with Crippen molar-refractivity contribution >= 4 is 17.3 Å². The van der Waals surface area contributed by atoms with Gasteiger partial charge in [0.05, 0.1) is 33.3 Å². The monoisotopic (exact) mass is 354 g/mol. The maximum absolute atomic E-state index is 12.4. The standard InChI is InChI=1S/C21H27N3O2/c1-3-17-6-4-7-18(14-17)22-21(25)16-23-10-12-24(13-11-23)19-8-5-9-20(15-19)26-2/h4-9,14-15H,3,10-13,16H2,1-2H3,(H,22,25)/p+1. The van der Waals surface area contributed by atoms with E-state index in [1.54, 1.807) is 7.11 Å². The Morgan fingerprint density at radius 3 is 2.65 bits per heavy atom. The molecule has 0 radical (unpaired) electrons. The fourth-order valence-electron chi connectivity index (χ4n) is 3.37. The topological polar surface area (TPSA) is 46.0 Å². The molecule has 0 unspecified atom stereocenters. The Kier molecular flexibility index (Phi) is 6.12. The summed E-state index contributed by atoms with van der Waals surface area (Å²) in [6.45, 7) is 6.44. The number of piperazine rings is 1. The molecule has 1 aliphatic rings. The fraction of sp³-hybridized carbons (Fsp3) is 0.381. The lowest BCUT2D eigenvalue weighted by atomic mass is 10.1. The van der Waals surface area contributed by atoms with Crippen molar-refractivity contribution in [3.8, 4) is 5.75 Å². The summed E-state index contributed by atoms with van der Waals surface area (Å²) in [6, 6.07) is 16.2. The largest absolute Gasteiger partial charge is 0.497 e. The van der Waals surface area contributed by atoms with E-state index in [0.717, 1.165) is 44.0 Å². The van der Waals surface area contributed by atoms with Gasteiger partial charge in [-0.3, -0.25) is 4.79 Å². The molecule has 2 aromatic rings. The first kappa shape index (κ1) is 18.3. The predicted molar refractivity (Wildman–Crippen MR) is 105 cm³/mol. The van der Waals surface area contributed by atoms with Crippen LogP contribution in [0.25, 0.3) is 0 Å². The summed E-state index contributed by atoms with van der Waals surface area (Å²) in [5.74, 6) is 0.967. The van der Waals surface area contributed by atoms with Crippen LogP contribution in [0.1, 0.15) is 12.5 Å². The fourth-order valence-corrected chi connectivity index (χ4v) is 3.37. The van der Waals surface area contributed by atoms with Crippen molar-refractivity contribution in [1.29, 1.82) is 0 Å². The zero-order valence-corrected chi connectivity index (χ0v) is 15.6. The molecule has 1 fully saturated rings. The molecule has 0 saturated carbocycles. The van der Waals surface area contributed by atoms with Crippen molar-refractivity contribution in [2.24, 2.45) is 0 Å². The Hall–Kier alpha value is -2.53. The van der Waals surface area contributed by atoms with E-state index in [9.17, 15) is 4.79 Å². The smallest absolute Gasteiger partial charge is 0.279 e. The van der Waals surface area contributed by atoms with E-state index in [2.05, 4.69) is 35.3 Å². The molecule has 0 atom stereocenters. The summed E-state index contributed by atoms with van der Waals surface area (Å²) in [6.07, 6.45) is 0.973. The lowest BCUT2D eigenvalue weighted by Gasteiger charge is -2.33. The Balaban J connectivity index is 1.49. The predicted octanol–water partition coefficient (Wildman–Crippen LogP) is 1.60. The number of amides is 1. The molecule has 5 heteroatoms. The van der Waals surface area contributed by atoms with Crippen LogP contribution in [0, 0.1) is 0 Å². The molecule has 1 heterocycles. The third kappa shape index (κ3) is 4.76. The van der Waals surface area contributed by atoms with E-state index >= 15 is 0 Å². The number of benzene rings is 2. The van der Waals surface area contributed by atoms with Crippen LogP contribution in [0.5, 0.6) is 5.75 Å². The highest BCUT2D eigenvalue weighted by molar-refractivity contribution is 5.91. The summed E-state index contributed by atoms with van der Waals surface area (Å²) in [5, 5.41) is 3.03. The van der Waals surface area contributed by atoms with Crippen LogP contribution < -0.4 is 19.9 Å². The Bertz CT molecular complexity index is 740. The summed E-state index contributed by atoms with van der Waals surface area (Å²) >= 11 is 0. The number of nitrogens with zero attached hydrogens (tertiary/aromatic N) is 1. The number of aryl methyl sites for hydroxylation is 1. The number of methoxy groups -OCH3 is 1. The second-order valence-corrected chi connectivity index (χ2v) is 6.72. The Morgan fingerprint density at radius 1 is 1.15 bits per heavy atom. The number of nitrogens with one attached hydrogen (secondary N) is 2. The van der Waals surface area contributed by atoms with Crippen LogP contribution in [0.2, 0.25) is 0 Å². The van der Waals surface area contributed by atoms with Crippen molar-refractivity contribution in [3.05, 3.63) is 54.1 Å². The minimum absolute atomic E-state index is 0.0862. The van der Waals surface area contributed by atoms with Gasteiger partial charge in [0.2, 0.25) is 0 Å². The van der Waals surface area contributed by atoms with Crippen molar-refractivity contribution in [3.63, 3.8) is 0 Å². The first-order valence-electron chi connectivity index (χ1n) is 9.29. The average Bonchev–Trinajstić information content (AvgIpc) is 2.68. The van der Waals surface area contributed by atoms with E-state index in [4.69, 9.17) is 4.74 Å². The maximum Gasteiger partial charge on any atom is 0.279 e. The highest BCUT2D eigenvalue weighted by atomic mass is 16.5. The van der Waals surface area contributed by atoms with Gasteiger partial charge in [-0.1, -0.05) is 25.1 Å². The van der Waals surface area contributed by atoms with Gasteiger partial charge in [-0.25, -0.2) is 0 Å². The van der Waals surface area contributed by atoms with Crippen LogP contribution >= 0.6 is 0 Å². The van der Waals surface area contributed by atoms with Crippen molar-refractivity contribution in [2.45, 2.75) is 13.3 Å². The zero-order chi connectivity index (χ0) is 18.4. The Morgan fingerprint density at radius 2 is 1.92 bits per heavy atom. The first-order valence-corrected chi connectivity index (χ1v) is 9.29. The van der Waals surface area contributed by atoms with Crippen LogP contribution in [-0.4, -0.2) is 45.7 Å². The molecular weight excluding hydrogens is 326 g/mol. The van der Waals surface area contributed by atoms with E-state index in [1.807, 2.05) is 30.3 Å². The SMILES string of the molecule is CCc1cccc(NC(=O)C[NH+]2CCN(c3cccc(OC)c3)CC2)c1. The molecule has 0 bridgehead atoms. The van der Waals surface area contributed by atoms with Gasteiger partial charge >= 0.3 is 0 Å². The van der Waals surface area contributed by atoms with Gasteiger partial charge in [0, 0.05) is 17.4 Å². The normalized spacial score (nSPS) is 14.9. The molecule has 2 N–H and O–H groups in total. The van der Waals surface area contributed by atoms with Crippen molar-refractivity contribution in [1.82, 2.24) is 0 Å². The molecule has 138 valence electrons. The summed E-state index contributed by atoms with van der Waals surface area (Å²) in [4.78, 5) is 16.0. The molecule has 0 aliphatic carbocycles. The van der Waals surface area contributed by atoms with Gasteiger partial charge in [-0.2, -0.15) is 0 Å². The van der Waals surface area contributed by atoms with Crippen molar-refractivity contribution < 1.29 is 14.4 Å². The molecule has 1 saturated heterocycles. The summed E-state index contributed by atoms with van der Waals surface area (Å²) in [7, 11) is 1.69. The number of carbonyl (C=O) groups is 1. The van der Waals surface area contributed by atoms with Gasteiger partial charge in [-0.05, 0) is 36.2 Å². The third-order valence-corrected chi connectivity index (χ3v) is 4.92. The van der Waals surface area contributed by atoms with Gasteiger partial charge in [0.1, 0.15) is 5.75 Å². The lowest BCUT2D eigenvalue weighted by Crippen LogP contribution is -3.15. The maximum atomic E-state index is 12.4. The molecule has 0 spiro atoms. The molecule has 1 aliphatic heterocycles. The number of anilines is 2. The van der Waals surface area contributed by atoms with Gasteiger partial charge in [0.25, 0.3) is 5.91 Å². The number of carbonyl (C=O) groups excluding carboxylic acids is 1. The quantitative estimate of drug-likeness (QED) is 0.828. The van der Waals surface area contributed by atoms with Gasteiger partial charge < -0.3 is 19.9 Å². The Labute approximate surface area is 155 Å². The third-order valence-electron chi connectivity index (χ3n) is 4.92. The van der Waals surface area contributed by atoms with Crippen LogP contribution in [0.15, 0.2) is 48.5 Å². The van der Waals surface area contributed by atoms with Crippen molar-refractivity contribution in [2.75, 3.05) is 50.1 Å². The second kappa shape index (κ2) is 8.72. The lowest BCUT2D eigenvalue weighted by molar-refractivity contribution is -0.892. The van der Waals surface area contributed by atoms with E-state index < -0.39 is 0 Å². The minimum Gasteiger partial charge on any atom is -0.497 e. The highest BCUT2D eigenvalue weighted by Gasteiger charge is 2.22. The number of quaternary nitrogens is 1. The summed E-state index contributed by atoms with van der Waals surface area (Å²) in [5.41, 5.74) is 3.31.